The molecule has 0 atom stereocenters. The van der Waals surface area contributed by atoms with Gasteiger partial charge in [0.15, 0.2) is 0 Å². The molecule has 0 amide bonds. The topological polar surface area (TPSA) is 40.5 Å². The number of hydrogen-bond donors (Lipinski definition) is 0. The van der Waals surface area contributed by atoms with Gasteiger partial charge in [0.1, 0.15) is 5.75 Å². The Morgan fingerprint density at radius 3 is 2.57 bits per heavy atom. The summed E-state index contributed by atoms with van der Waals surface area (Å²) in [7, 11) is 3.22. The van der Waals surface area contributed by atoms with E-state index in [4.69, 9.17) is 21.1 Å². The predicted octanol–water partition coefficient (Wildman–Crippen LogP) is 2.91. The van der Waals surface area contributed by atoms with Crippen molar-refractivity contribution in [2.75, 3.05) is 20.8 Å². The summed E-state index contributed by atoms with van der Waals surface area (Å²) < 4.78 is 12.2. The molecule has 0 aliphatic rings. The third-order valence-corrected chi connectivity index (χ3v) is 3.59. The highest BCUT2D eigenvalue weighted by Gasteiger charge is 2.13. The van der Waals surface area contributed by atoms with Crippen LogP contribution < -0.4 is 10.3 Å². The maximum absolute atomic E-state index is 12.5. The Labute approximate surface area is 128 Å². The zero-order valence-corrected chi connectivity index (χ0v) is 12.9. The molecule has 2 aromatic rings. The lowest BCUT2D eigenvalue weighted by Gasteiger charge is -2.16. The molecule has 4 nitrogen and oxygen atoms in total. The number of methoxy groups -OCH3 is 2. The lowest BCUT2D eigenvalue weighted by Crippen LogP contribution is -2.26. The van der Waals surface area contributed by atoms with Gasteiger partial charge < -0.3 is 14.0 Å². The number of hydrogen-bond acceptors (Lipinski definition) is 3. The van der Waals surface area contributed by atoms with Gasteiger partial charge in [-0.25, -0.2) is 0 Å². The van der Waals surface area contributed by atoms with Crippen LogP contribution in [0.25, 0.3) is 11.3 Å². The van der Waals surface area contributed by atoms with E-state index in [2.05, 4.69) is 0 Å². The average Bonchev–Trinajstić information content (AvgIpc) is 2.53. The normalized spacial score (nSPS) is 10.6. The van der Waals surface area contributed by atoms with Gasteiger partial charge in [-0.15, -0.1) is 11.6 Å². The molecule has 0 aliphatic carbocycles. The molecule has 0 unspecified atom stereocenters. The minimum absolute atomic E-state index is 0.0922. The van der Waals surface area contributed by atoms with Crippen molar-refractivity contribution in [3.8, 4) is 17.0 Å². The van der Waals surface area contributed by atoms with E-state index in [0.717, 1.165) is 17.0 Å². The van der Waals surface area contributed by atoms with Crippen molar-refractivity contribution in [3.05, 3.63) is 52.3 Å². The zero-order chi connectivity index (χ0) is 15.2. The Kier molecular flexibility index (Phi) is 5.42. The number of nitrogens with zero attached hydrogens (tertiary/aromatic N) is 1. The van der Waals surface area contributed by atoms with Crippen molar-refractivity contribution in [1.29, 1.82) is 0 Å². The molecule has 1 aromatic heterocycles. The highest BCUT2D eigenvalue weighted by Crippen LogP contribution is 2.29. The number of halogens is 1. The number of aromatic nitrogens is 1. The summed E-state index contributed by atoms with van der Waals surface area (Å²) in [6, 6.07) is 11.3. The standard InChI is InChI=1S/C16H18ClNO3/c1-20-10-9-18-14(8-7-12(11-17)16(18)19)13-5-3-4-6-15(13)21-2/h3-8H,9-11H2,1-2H3. The van der Waals surface area contributed by atoms with Crippen molar-refractivity contribution < 1.29 is 9.47 Å². The van der Waals surface area contributed by atoms with Crippen LogP contribution in [-0.2, 0) is 17.2 Å². The van der Waals surface area contributed by atoms with E-state index in [-0.39, 0.29) is 11.4 Å². The van der Waals surface area contributed by atoms with Crippen molar-refractivity contribution >= 4 is 11.6 Å². The lowest BCUT2D eigenvalue weighted by molar-refractivity contribution is 0.186. The van der Waals surface area contributed by atoms with Crippen LogP contribution in [-0.4, -0.2) is 25.4 Å². The smallest absolute Gasteiger partial charge is 0.255 e. The maximum Gasteiger partial charge on any atom is 0.255 e. The molecule has 0 aliphatic heterocycles. The molecule has 0 bridgehead atoms. The lowest BCUT2D eigenvalue weighted by atomic mass is 10.1. The number of ether oxygens (including phenoxy) is 2. The van der Waals surface area contributed by atoms with E-state index in [1.54, 1.807) is 24.9 Å². The summed E-state index contributed by atoms with van der Waals surface area (Å²) in [6.07, 6.45) is 0. The molecule has 0 spiro atoms. The zero-order valence-electron chi connectivity index (χ0n) is 12.1. The van der Waals surface area contributed by atoms with Crippen molar-refractivity contribution in [2.45, 2.75) is 12.4 Å². The summed E-state index contributed by atoms with van der Waals surface area (Å²) in [6.45, 7) is 0.918. The third-order valence-electron chi connectivity index (χ3n) is 3.30. The molecule has 2 rings (SSSR count). The van der Waals surface area contributed by atoms with Crippen LogP contribution in [0.1, 0.15) is 5.56 Å². The number of para-hydroxylation sites is 1. The Bertz CT molecular complexity index is 667. The molecule has 112 valence electrons. The Hall–Kier alpha value is -1.78. The first kappa shape index (κ1) is 15.6. The summed E-state index contributed by atoms with van der Waals surface area (Å²) in [5.41, 5.74) is 2.15. The van der Waals surface area contributed by atoms with Gasteiger partial charge >= 0.3 is 0 Å². The molecule has 21 heavy (non-hydrogen) atoms. The first-order chi connectivity index (χ1) is 10.2. The van der Waals surface area contributed by atoms with E-state index >= 15 is 0 Å². The van der Waals surface area contributed by atoms with Gasteiger partial charge in [-0.1, -0.05) is 18.2 Å². The fourth-order valence-electron chi connectivity index (χ4n) is 2.22. The van der Waals surface area contributed by atoms with Crippen LogP contribution in [0.3, 0.4) is 0 Å². The van der Waals surface area contributed by atoms with Gasteiger partial charge in [0.25, 0.3) is 5.56 Å². The van der Waals surface area contributed by atoms with E-state index in [1.807, 2.05) is 30.3 Å². The summed E-state index contributed by atoms with van der Waals surface area (Å²) in [4.78, 5) is 12.5. The number of pyridine rings is 1. The van der Waals surface area contributed by atoms with Crippen LogP contribution in [0.5, 0.6) is 5.75 Å². The van der Waals surface area contributed by atoms with Gasteiger partial charge in [0.05, 0.1) is 25.3 Å². The van der Waals surface area contributed by atoms with Crippen molar-refractivity contribution in [3.63, 3.8) is 0 Å². The second kappa shape index (κ2) is 7.29. The highest BCUT2D eigenvalue weighted by atomic mass is 35.5. The predicted molar refractivity (Wildman–Crippen MR) is 84.1 cm³/mol. The second-order valence-electron chi connectivity index (χ2n) is 4.53. The van der Waals surface area contributed by atoms with Crippen LogP contribution in [0, 0.1) is 0 Å². The van der Waals surface area contributed by atoms with Crippen molar-refractivity contribution in [1.82, 2.24) is 4.57 Å². The Balaban J connectivity index is 2.62. The monoisotopic (exact) mass is 307 g/mol. The van der Waals surface area contributed by atoms with Crippen LogP contribution in [0.15, 0.2) is 41.2 Å². The second-order valence-corrected chi connectivity index (χ2v) is 4.79. The molecular weight excluding hydrogens is 290 g/mol. The third kappa shape index (κ3) is 3.28. The van der Waals surface area contributed by atoms with E-state index < -0.39 is 0 Å². The minimum Gasteiger partial charge on any atom is -0.496 e. The molecule has 0 N–H and O–H groups in total. The fraction of sp³-hybridized carbons (Fsp3) is 0.312. The van der Waals surface area contributed by atoms with Gasteiger partial charge in [-0.05, 0) is 18.2 Å². The van der Waals surface area contributed by atoms with Crippen LogP contribution in [0.2, 0.25) is 0 Å². The highest BCUT2D eigenvalue weighted by molar-refractivity contribution is 6.17. The summed E-state index contributed by atoms with van der Waals surface area (Å²) >= 11 is 5.83. The minimum atomic E-state index is -0.0922. The van der Waals surface area contributed by atoms with Crippen LogP contribution in [0.4, 0.5) is 0 Å². The molecule has 1 aromatic carbocycles. The molecule has 0 radical (unpaired) electrons. The molecular formula is C16H18ClNO3. The summed E-state index contributed by atoms with van der Waals surface area (Å²) in [5, 5.41) is 0. The molecule has 0 saturated heterocycles. The molecule has 1 heterocycles. The van der Waals surface area contributed by atoms with Crippen molar-refractivity contribution in [2.24, 2.45) is 0 Å². The van der Waals surface area contributed by atoms with E-state index in [9.17, 15) is 4.79 Å². The molecule has 5 heteroatoms. The van der Waals surface area contributed by atoms with Crippen LogP contribution >= 0.6 is 11.6 Å². The van der Waals surface area contributed by atoms with Gasteiger partial charge in [0, 0.05) is 24.8 Å². The molecule has 0 fully saturated rings. The average molecular weight is 308 g/mol. The molecule has 0 saturated carbocycles. The first-order valence-electron chi connectivity index (χ1n) is 6.64. The van der Waals surface area contributed by atoms with Gasteiger partial charge in [-0.2, -0.15) is 0 Å². The Morgan fingerprint density at radius 1 is 1.14 bits per heavy atom. The van der Waals surface area contributed by atoms with E-state index in [1.165, 1.54) is 0 Å². The number of benzene rings is 1. The van der Waals surface area contributed by atoms with Gasteiger partial charge in [-0.3, -0.25) is 4.79 Å². The maximum atomic E-state index is 12.5. The SMILES string of the molecule is COCCn1c(-c2ccccc2OC)ccc(CCl)c1=O. The quantitative estimate of drug-likeness (QED) is 0.771. The number of rotatable bonds is 6. The fourth-order valence-corrected chi connectivity index (χ4v) is 2.42. The largest absolute Gasteiger partial charge is 0.496 e. The van der Waals surface area contributed by atoms with E-state index in [0.29, 0.717) is 18.7 Å². The van der Waals surface area contributed by atoms with Gasteiger partial charge in [0.2, 0.25) is 0 Å². The first-order valence-corrected chi connectivity index (χ1v) is 7.17. The Morgan fingerprint density at radius 2 is 1.90 bits per heavy atom. The number of alkyl halides is 1. The summed E-state index contributed by atoms with van der Waals surface area (Å²) in [5.74, 6) is 0.916.